The maximum atomic E-state index is 12.4. The molecular formula is C21H36N2O5S. The van der Waals surface area contributed by atoms with Crippen molar-refractivity contribution in [1.82, 2.24) is 4.31 Å². The number of hydrogen-bond acceptors (Lipinski definition) is 6. The second-order valence-electron chi connectivity index (χ2n) is 8.41. The van der Waals surface area contributed by atoms with E-state index in [-0.39, 0.29) is 24.7 Å². The minimum atomic E-state index is -3.39. The van der Waals surface area contributed by atoms with Gasteiger partial charge in [-0.1, -0.05) is 58.0 Å². The fraction of sp³-hybridized carbons (Fsp3) is 0.667. The Morgan fingerprint density at radius 3 is 2.28 bits per heavy atom. The molecular weight excluding hydrogens is 392 g/mol. The molecule has 1 aromatic carbocycles. The molecule has 3 atom stereocenters. The van der Waals surface area contributed by atoms with Crippen molar-refractivity contribution in [2.24, 2.45) is 11.1 Å². The summed E-state index contributed by atoms with van der Waals surface area (Å²) in [7, 11) is -3.39. The molecule has 0 heterocycles. The van der Waals surface area contributed by atoms with Crippen LogP contribution in [0.25, 0.3) is 0 Å². The van der Waals surface area contributed by atoms with Crippen LogP contribution in [0.5, 0.6) is 0 Å². The average Bonchev–Trinajstić information content (AvgIpc) is 2.62. The molecule has 1 rings (SSSR count). The van der Waals surface area contributed by atoms with Crippen LogP contribution in [0.2, 0.25) is 0 Å². The normalized spacial score (nSPS) is 15.7. The van der Waals surface area contributed by atoms with Gasteiger partial charge in [-0.3, -0.25) is 4.79 Å². The van der Waals surface area contributed by atoms with Crippen molar-refractivity contribution in [3.63, 3.8) is 0 Å². The van der Waals surface area contributed by atoms with E-state index in [2.05, 4.69) is 0 Å². The lowest BCUT2D eigenvalue weighted by Gasteiger charge is -2.33. The minimum absolute atomic E-state index is 0.0617. The van der Waals surface area contributed by atoms with Crippen LogP contribution < -0.4 is 5.73 Å². The third-order valence-corrected chi connectivity index (χ3v) is 6.20. The third-order valence-electron chi connectivity index (χ3n) is 4.86. The van der Waals surface area contributed by atoms with Gasteiger partial charge in [-0.25, -0.2) is 8.42 Å². The predicted molar refractivity (Wildman–Crippen MR) is 115 cm³/mol. The van der Waals surface area contributed by atoms with Gasteiger partial charge in [-0.2, -0.15) is 4.31 Å². The molecule has 2 N–H and O–H groups in total. The van der Waals surface area contributed by atoms with Gasteiger partial charge in [0.05, 0.1) is 12.4 Å². The minimum Gasteiger partial charge on any atom is -0.462 e. The molecule has 8 heteroatoms. The molecule has 29 heavy (non-hydrogen) atoms. The zero-order valence-electron chi connectivity index (χ0n) is 18.4. The number of esters is 1. The molecule has 7 nitrogen and oxygen atoms in total. The molecule has 166 valence electrons. The first kappa shape index (κ1) is 25.6. The lowest BCUT2D eigenvalue weighted by atomic mass is 9.90. The van der Waals surface area contributed by atoms with Gasteiger partial charge in [0.1, 0.15) is 18.8 Å². The molecule has 0 saturated heterocycles. The first-order valence-electron chi connectivity index (χ1n) is 9.91. The van der Waals surface area contributed by atoms with Crippen molar-refractivity contribution in [2.75, 3.05) is 26.0 Å². The largest absolute Gasteiger partial charge is 0.462 e. The number of hydrogen-bond donors (Lipinski definition) is 1. The summed E-state index contributed by atoms with van der Waals surface area (Å²) in [6, 6.07) is 8.67. The molecule has 0 fully saturated rings. The van der Waals surface area contributed by atoms with E-state index in [1.807, 2.05) is 58.0 Å². The van der Waals surface area contributed by atoms with Crippen LogP contribution in [-0.2, 0) is 30.7 Å². The number of nitrogens with two attached hydrogens (primary N) is 1. The summed E-state index contributed by atoms with van der Waals surface area (Å²) in [6.07, 6.45) is 0.769. The van der Waals surface area contributed by atoms with Gasteiger partial charge >= 0.3 is 5.97 Å². The molecule has 0 spiro atoms. The molecule has 0 amide bonds. The Balaban J connectivity index is 2.78. The monoisotopic (exact) mass is 428 g/mol. The van der Waals surface area contributed by atoms with Crippen molar-refractivity contribution in [3.8, 4) is 0 Å². The second-order valence-corrected chi connectivity index (χ2v) is 10.4. The van der Waals surface area contributed by atoms with Crippen molar-refractivity contribution >= 4 is 16.0 Å². The molecule has 0 aliphatic rings. The Morgan fingerprint density at radius 2 is 1.79 bits per heavy atom. The number of carbonyl (C=O) groups excluding carboxylic acids is 1. The summed E-state index contributed by atoms with van der Waals surface area (Å²) >= 11 is 0. The summed E-state index contributed by atoms with van der Waals surface area (Å²) in [6.45, 7) is 10.1. The Bertz CT molecular complexity index is 731. The summed E-state index contributed by atoms with van der Waals surface area (Å²) in [5.41, 5.74) is 6.78. The lowest BCUT2D eigenvalue weighted by Crippen LogP contribution is -2.44. The fourth-order valence-corrected chi connectivity index (χ4v) is 3.49. The summed E-state index contributed by atoms with van der Waals surface area (Å²) in [4.78, 5) is 12.4. The molecule has 0 radical (unpaired) electrons. The number of ether oxygens (including phenoxy) is 2. The van der Waals surface area contributed by atoms with Crippen LogP contribution in [0, 0.1) is 5.41 Å². The van der Waals surface area contributed by atoms with Crippen LogP contribution >= 0.6 is 0 Å². The zero-order valence-corrected chi connectivity index (χ0v) is 19.2. The van der Waals surface area contributed by atoms with Crippen molar-refractivity contribution in [3.05, 3.63) is 35.9 Å². The maximum Gasteiger partial charge on any atom is 0.323 e. The first-order chi connectivity index (χ1) is 13.3. The molecule has 1 aromatic rings. The van der Waals surface area contributed by atoms with E-state index in [9.17, 15) is 13.2 Å². The molecule has 0 unspecified atom stereocenters. The quantitative estimate of drug-likeness (QED) is 0.543. The van der Waals surface area contributed by atoms with E-state index in [4.69, 9.17) is 15.2 Å². The van der Waals surface area contributed by atoms with Crippen LogP contribution in [0.15, 0.2) is 30.3 Å². The first-order valence-corrected chi connectivity index (χ1v) is 11.8. The van der Waals surface area contributed by atoms with Gasteiger partial charge in [0.2, 0.25) is 10.0 Å². The SMILES string of the molecule is CCN(C[C@@H](COC(=O)[C@@H](N)Cc1ccccc1)O[C@@H](C)C(C)(C)C)S(C)(=O)=O. The Hall–Kier alpha value is -1.48. The van der Waals surface area contributed by atoms with Crippen LogP contribution in [0.3, 0.4) is 0 Å². The van der Waals surface area contributed by atoms with E-state index < -0.39 is 28.1 Å². The van der Waals surface area contributed by atoms with E-state index in [1.165, 1.54) is 4.31 Å². The Labute approximate surface area is 175 Å². The van der Waals surface area contributed by atoms with Crippen molar-refractivity contribution in [2.45, 2.75) is 59.3 Å². The van der Waals surface area contributed by atoms with Crippen LogP contribution in [0.1, 0.15) is 40.2 Å². The van der Waals surface area contributed by atoms with E-state index in [1.54, 1.807) is 6.92 Å². The van der Waals surface area contributed by atoms with Gasteiger partial charge in [0.15, 0.2) is 0 Å². The fourth-order valence-electron chi connectivity index (χ4n) is 2.59. The zero-order chi connectivity index (χ0) is 22.2. The lowest BCUT2D eigenvalue weighted by molar-refractivity contribution is -0.153. The standard InChI is InChI=1S/C21H36N2O5S/c1-7-23(29(6,25)26)14-18(28-16(2)21(3,4)5)15-27-20(24)19(22)13-17-11-9-8-10-12-17/h8-12,16,18-19H,7,13-15,22H2,1-6H3/t16-,18-,19-/m0/s1. The summed E-state index contributed by atoms with van der Waals surface area (Å²) < 4.78 is 36.7. The highest BCUT2D eigenvalue weighted by Crippen LogP contribution is 2.23. The number of sulfonamides is 1. The van der Waals surface area contributed by atoms with Crippen LogP contribution in [-0.4, -0.2) is 62.9 Å². The van der Waals surface area contributed by atoms with Crippen molar-refractivity contribution in [1.29, 1.82) is 0 Å². The molecule has 0 aliphatic carbocycles. The number of rotatable bonds is 11. The smallest absolute Gasteiger partial charge is 0.323 e. The number of likely N-dealkylation sites (N-methyl/N-ethyl adjacent to an activating group) is 1. The number of nitrogens with zero attached hydrogens (tertiary/aromatic N) is 1. The molecule has 0 aliphatic heterocycles. The van der Waals surface area contributed by atoms with E-state index in [0.717, 1.165) is 11.8 Å². The summed E-state index contributed by atoms with van der Waals surface area (Å²) in [5.74, 6) is -0.534. The summed E-state index contributed by atoms with van der Waals surface area (Å²) in [5, 5.41) is 0. The highest BCUT2D eigenvalue weighted by Gasteiger charge is 2.29. The second kappa shape index (κ2) is 11.1. The van der Waals surface area contributed by atoms with Gasteiger partial charge in [-0.05, 0) is 24.3 Å². The molecule has 0 bridgehead atoms. The van der Waals surface area contributed by atoms with Crippen molar-refractivity contribution < 1.29 is 22.7 Å². The van der Waals surface area contributed by atoms with Crippen LogP contribution in [0.4, 0.5) is 0 Å². The number of carbonyl (C=O) groups is 1. The van der Waals surface area contributed by atoms with E-state index in [0.29, 0.717) is 13.0 Å². The Kier molecular flexibility index (Phi) is 9.75. The molecule has 0 saturated carbocycles. The number of benzene rings is 1. The maximum absolute atomic E-state index is 12.4. The molecule has 0 aromatic heterocycles. The highest BCUT2D eigenvalue weighted by molar-refractivity contribution is 7.88. The third kappa shape index (κ3) is 9.25. The highest BCUT2D eigenvalue weighted by atomic mass is 32.2. The predicted octanol–water partition coefficient (Wildman–Crippen LogP) is 2.20. The van der Waals surface area contributed by atoms with Gasteiger partial charge in [0.25, 0.3) is 0 Å². The van der Waals surface area contributed by atoms with E-state index >= 15 is 0 Å². The van der Waals surface area contributed by atoms with Gasteiger partial charge in [0, 0.05) is 13.1 Å². The average molecular weight is 429 g/mol. The van der Waals surface area contributed by atoms with Gasteiger partial charge < -0.3 is 15.2 Å². The Morgan fingerprint density at radius 1 is 1.21 bits per heavy atom. The van der Waals surface area contributed by atoms with Gasteiger partial charge in [-0.15, -0.1) is 0 Å². The topological polar surface area (TPSA) is 98.9 Å².